The predicted molar refractivity (Wildman–Crippen MR) is 78.3 cm³/mol. The fraction of sp³-hybridized carbons (Fsp3) is 0.357. The van der Waals surface area contributed by atoms with Gasteiger partial charge >= 0.3 is 0 Å². The lowest BCUT2D eigenvalue weighted by atomic mass is 10.1. The van der Waals surface area contributed by atoms with Crippen molar-refractivity contribution >= 4 is 27.5 Å². The van der Waals surface area contributed by atoms with Crippen LogP contribution in [0.5, 0.6) is 0 Å². The molecule has 1 aromatic carbocycles. The van der Waals surface area contributed by atoms with Gasteiger partial charge in [-0.1, -0.05) is 28.8 Å². The third kappa shape index (κ3) is 3.27. The van der Waals surface area contributed by atoms with Gasteiger partial charge in [0.1, 0.15) is 0 Å². The van der Waals surface area contributed by atoms with Crippen LogP contribution < -0.4 is 5.73 Å². The Morgan fingerprint density at radius 1 is 1.56 bits per heavy atom. The summed E-state index contributed by atoms with van der Waals surface area (Å²) in [5, 5.41) is 0. The molecule has 1 aromatic rings. The Morgan fingerprint density at radius 3 is 2.78 bits per heavy atom. The average Bonchev–Trinajstić information content (AvgIpc) is 2.32. The van der Waals surface area contributed by atoms with E-state index in [4.69, 9.17) is 12.2 Å². The maximum atomic E-state index is 12.4. The van der Waals surface area contributed by atoms with Crippen molar-refractivity contribution in [2.45, 2.75) is 20.3 Å². The zero-order valence-corrected chi connectivity index (χ0v) is 12.3. The summed E-state index contributed by atoms with van der Waals surface area (Å²) in [6, 6.07) is 3.57. The minimum Gasteiger partial charge on any atom is -0.398 e. The molecule has 0 radical (unpaired) electrons. The standard InChI is InChI=1S/C14H17BrN2O/c1-4-6-17(7-5-2)14(18)12-8-11(15)9-13(16)10(12)3/h1,8-9H,5-7,16H2,2-3H3. The van der Waals surface area contributed by atoms with Gasteiger partial charge in [0.05, 0.1) is 6.54 Å². The monoisotopic (exact) mass is 308 g/mol. The first-order valence-electron chi connectivity index (χ1n) is 5.79. The van der Waals surface area contributed by atoms with Gasteiger partial charge in [0.2, 0.25) is 0 Å². The van der Waals surface area contributed by atoms with Crippen LogP contribution in [0.15, 0.2) is 16.6 Å². The van der Waals surface area contributed by atoms with E-state index in [1.54, 1.807) is 17.0 Å². The summed E-state index contributed by atoms with van der Waals surface area (Å²) in [6.45, 7) is 4.82. The van der Waals surface area contributed by atoms with Crippen molar-refractivity contribution < 1.29 is 4.79 Å². The van der Waals surface area contributed by atoms with Crippen LogP contribution >= 0.6 is 15.9 Å². The van der Waals surface area contributed by atoms with Crippen LogP contribution in [0.25, 0.3) is 0 Å². The number of rotatable bonds is 4. The highest BCUT2D eigenvalue weighted by molar-refractivity contribution is 9.10. The first kappa shape index (κ1) is 14.6. The molecule has 0 aliphatic heterocycles. The highest BCUT2D eigenvalue weighted by atomic mass is 79.9. The summed E-state index contributed by atoms with van der Waals surface area (Å²) in [7, 11) is 0. The average molecular weight is 309 g/mol. The number of hydrogen-bond acceptors (Lipinski definition) is 2. The van der Waals surface area contributed by atoms with Crippen molar-refractivity contribution in [1.29, 1.82) is 0 Å². The molecule has 0 heterocycles. The van der Waals surface area contributed by atoms with Gasteiger partial charge in [0.25, 0.3) is 5.91 Å². The van der Waals surface area contributed by atoms with E-state index in [1.807, 2.05) is 13.8 Å². The lowest BCUT2D eigenvalue weighted by Gasteiger charge is -2.21. The minimum absolute atomic E-state index is 0.0692. The SMILES string of the molecule is C#CCN(CCC)C(=O)c1cc(Br)cc(N)c1C. The molecule has 0 spiro atoms. The number of nitrogens with zero attached hydrogens (tertiary/aromatic N) is 1. The zero-order valence-electron chi connectivity index (χ0n) is 10.7. The number of nitrogen functional groups attached to an aromatic ring is 1. The van der Waals surface area contributed by atoms with Crippen LogP contribution in [0, 0.1) is 19.3 Å². The second-order valence-electron chi connectivity index (χ2n) is 4.10. The first-order valence-corrected chi connectivity index (χ1v) is 6.58. The number of nitrogens with two attached hydrogens (primary N) is 1. The van der Waals surface area contributed by atoms with E-state index in [-0.39, 0.29) is 5.91 Å². The normalized spacial score (nSPS) is 9.89. The van der Waals surface area contributed by atoms with E-state index >= 15 is 0 Å². The molecule has 4 heteroatoms. The summed E-state index contributed by atoms with van der Waals surface area (Å²) in [4.78, 5) is 14.1. The highest BCUT2D eigenvalue weighted by Gasteiger charge is 2.18. The smallest absolute Gasteiger partial charge is 0.255 e. The summed E-state index contributed by atoms with van der Waals surface area (Å²) < 4.78 is 0.797. The number of carbonyl (C=O) groups excluding carboxylic acids is 1. The number of benzene rings is 1. The summed E-state index contributed by atoms with van der Waals surface area (Å²) in [5.41, 5.74) is 7.86. The van der Waals surface area contributed by atoms with E-state index in [1.165, 1.54) is 0 Å². The molecule has 0 atom stereocenters. The van der Waals surface area contributed by atoms with E-state index in [0.29, 0.717) is 24.3 Å². The molecule has 18 heavy (non-hydrogen) atoms. The highest BCUT2D eigenvalue weighted by Crippen LogP contribution is 2.24. The predicted octanol–water partition coefficient (Wildman–Crippen LogP) is 2.83. The molecule has 0 unspecified atom stereocenters. The topological polar surface area (TPSA) is 46.3 Å². The molecule has 0 saturated heterocycles. The van der Waals surface area contributed by atoms with Crippen molar-refractivity contribution in [3.63, 3.8) is 0 Å². The largest absolute Gasteiger partial charge is 0.398 e. The van der Waals surface area contributed by atoms with Gasteiger partial charge < -0.3 is 10.6 Å². The third-order valence-corrected chi connectivity index (χ3v) is 3.16. The second-order valence-corrected chi connectivity index (χ2v) is 5.01. The Labute approximate surface area is 116 Å². The van der Waals surface area contributed by atoms with Crippen LogP contribution in [-0.2, 0) is 0 Å². The summed E-state index contributed by atoms with van der Waals surface area (Å²) >= 11 is 3.35. The lowest BCUT2D eigenvalue weighted by molar-refractivity contribution is 0.0776. The molecule has 0 saturated carbocycles. The van der Waals surface area contributed by atoms with Crippen LogP contribution in [-0.4, -0.2) is 23.9 Å². The second kappa shape index (κ2) is 6.46. The quantitative estimate of drug-likeness (QED) is 0.687. The maximum Gasteiger partial charge on any atom is 0.255 e. The molecule has 1 rings (SSSR count). The Bertz CT molecular complexity index is 491. The minimum atomic E-state index is -0.0692. The summed E-state index contributed by atoms with van der Waals surface area (Å²) in [6.07, 6.45) is 6.17. The molecule has 96 valence electrons. The Kier molecular flexibility index (Phi) is 5.24. The molecule has 0 aliphatic carbocycles. The van der Waals surface area contributed by atoms with Gasteiger partial charge in [-0.05, 0) is 31.0 Å². The van der Waals surface area contributed by atoms with Crippen molar-refractivity contribution in [2.75, 3.05) is 18.8 Å². The number of anilines is 1. The van der Waals surface area contributed by atoms with Gasteiger partial charge in [0, 0.05) is 22.3 Å². The Balaban J connectivity index is 3.12. The fourth-order valence-electron chi connectivity index (χ4n) is 1.73. The van der Waals surface area contributed by atoms with E-state index in [2.05, 4.69) is 21.9 Å². The molecule has 0 aliphatic rings. The van der Waals surface area contributed by atoms with Crippen molar-refractivity contribution in [1.82, 2.24) is 4.90 Å². The van der Waals surface area contributed by atoms with Crippen LogP contribution in [0.2, 0.25) is 0 Å². The summed E-state index contributed by atoms with van der Waals surface area (Å²) in [5.74, 6) is 2.44. The molecular formula is C14H17BrN2O. The van der Waals surface area contributed by atoms with Crippen molar-refractivity contribution in [2.24, 2.45) is 0 Å². The molecule has 1 amide bonds. The first-order chi connectivity index (χ1) is 8.51. The zero-order chi connectivity index (χ0) is 13.7. The molecule has 0 fully saturated rings. The molecule has 2 N–H and O–H groups in total. The van der Waals surface area contributed by atoms with E-state index < -0.39 is 0 Å². The number of amides is 1. The van der Waals surface area contributed by atoms with E-state index in [0.717, 1.165) is 16.5 Å². The third-order valence-electron chi connectivity index (χ3n) is 2.71. The number of hydrogen-bond donors (Lipinski definition) is 1. The number of carbonyl (C=O) groups is 1. The lowest BCUT2D eigenvalue weighted by Crippen LogP contribution is -2.32. The number of terminal acetylenes is 1. The van der Waals surface area contributed by atoms with Crippen molar-refractivity contribution in [3.05, 3.63) is 27.7 Å². The van der Waals surface area contributed by atoms with Crippen molar-refractivity contribution in [3.8, 4) is 12.3 Å². The van der Waals surface area contributed by atoms with Gasteiger partial charge in [0.15, 0.2) is 0 Å². The Hall–Kier alpha value is -1.47. The Morgan fingerprint density at radius 2 is 2.22 bits per heavy atom. The van der Waals surface area contributed by atoms with Gasteiger partial charge in [-0.3, -0.25) is 4.79 Å². The fourth-order valence-corrected chi connectivity index (χ4v) is 2.20. The van der Waals surface area contributed by atoms with Crippen LogP contribution in [0.3, 0.4) is 0 Å². The van der Waals surface area contributed by atoms with Gasteiger partial charge in [-0.2, -0.15) is 0 Å². The molecule has 0 bridgehead atoms. The van der Waals surface area contributed by atoms with E-state index in [9.17, 15) is 4.79 Å². The van der Waals surface area contributed by atoms with Crippen LogP contribution in [0.4, 0.5) is 5.69 Å². The van der Waals surface area contributed by atoms with Gasteiger partial charge in [-0.25, -0.2) is 0 Å². The number of halogens is 1. The molecule has 3 nitrogen and oxygen atoms in total. The van der Waals surface area contributed by atoms with Crippen LogP contribution in [0.1, 0.15) is 29.3 Å². The van der Waals surface area contributed by atoms with Gasteiger partial charge in [-0.15, -0.1) is 6.42 Å². The molecule has 0 aromatic heterocycles. The maximum absolute atomic E-state index is 12.4. The molecular weight excluding hydrogens is 292 g/mol.